The van der Waals surface area contributed by atoms with Crippen molar-refractivity contribution in [1.82, 2.24) is 4.98 Å². The van der Waals surface area contributed by atoms with Gasteiger partial charge in [0, 0.05) is 23.2 Å². The molecular weight excluding hydrogens is 484 g/mol. The monoisotopic (exact) mass is 515 g/mol. The van der Waals surface area contributed by atoms with Gasteiger partial charge in [-0.05, 0) is 86.8 Å². The molecular formula is C26H31F2N5O2S. The molecule has 4 aliphatic rings. The van der Waals surface area contributed by atoms with E-state index in [-0.39, 0.29) is 24.2 Å². The number of anilines is 3. The molecule has 2 saturated heterocycles. The molecule has 1 spiro atoms. The van der Waals surface area contributed by atoms with Crippen molar-refractivity contribution < 1.29 is 17.8 Å². The smallest absolute Gasteiger partial charge is 0.282 e. The molecule has 1 aromatic carbocycles. The second-order valence-corrected chi connectivity index (χ2v) is 13.4. The number of hydrogen-bond acceptors (Lipinski definition) is 6. The molecule has 1 atom stereocenters. The fourth-order valence-corrected chi connectivity index (χ4v) is 7.12. The molecule has 4 fully saturated rings. The average Bonchev–Trinajstić information content (AvgIpc) is 3.73. The number of rotatable bonds is 6. The van der Waals surface area contributed by atoms with Crippen LogP contribution < -0.4 is 15.1 Å². The van der Waals surface area contributed by atoms with Gasteiger partial charge in [-0.25, -0.2) is 22.8 Å². The van der Waals surface area contributed by atoms with Gasteiger partial charge < -0.3 is 15.1 Å². The van der Waals surface area contributed by atoms with Crippen LogP contribution in [-0.4, -0.2) is 52.5 Å². The van der Waals surface area contributed by atoms with Gasteiger partial charge in [0.05, 0.1) is 34.1 Å². The maximum Gasteiger partial charge on any atom is 0.282 e. The Balaban J connectivity index is 1.29. The minimum atomic E-state index is -2.90. The number of piperidine rings is 1. The van der Waals surface area contributed by atoms with E-state index >= 15 is 0 Å². The van der Waals surface area contributed by atoms with Crippen molar-refractivity contribution >= 4 is 33.0 Å². The van der Waals surface area contributed by atoms with Crippen LogP contribution in [0.25, 0.3) is 0 Å². The van der Waals surface area contributed by atoms with Gasteiger partial charge in [-0.15, -0.1) is 0 Å². The summed E-state index contributed by atoms with van der Waals surface area (Å²) in [4.78, 5) is 22.0. The van der Waals surface area contributed by atoms with Crippen molar-refractivity contribution in [2.24, 2.45) is 5.41 Å². The Bertz CT molecular complexity index is 1320. The summed E-state index contributed by atoms with van der Waals surface area (Å²) in [5.41, 5.74) is 2.42. The SMILES string of the molecule is Cc1cc(NC(=O)c2ccc([S@](=N)(=O)C3CC3)cc2N2CCC3(CC2)CC3)nc(N2CC(F)(F)C2)c1. The van der Waals surface area contributed by atoms with Crippen LogP contribution >= 0.6 is 0 Å². The van der Waals surface area contributed by atoms with Crippen molar-refractivity contribution in [3.63, 3.8) is 0 Å². The number of nitrogens with zero attached hydrogens (tertiary/aromatic N) is 3. The van der Waals surface area contributed by atoms with E-state index in [1.54, 1.807) is 30.3 Å². The van der Waals surface area contributed by atoms with Gasteiger partial charge in [0.2, 0.25) is 0 Å². The highest BCUT2D eigenvalue weighted by atomic mass is 32.2. The van der Waals surface area contributed by atoms with Crippen LogP contribution in [0.1, 0.15) is 54.4 Å². The Morgan fingerprint density at radius 1 is 1.08 bits per heavy atom. The zero-order chi connectivity index (χ0) is 25.3. The number of aryl methyl sites for hydroxylation is 1. The number of carbonyl (C=O) groups is 1. The molecule has 1 amide bonds. The lowest BCUT2D eigenvalue weighted by atomic mass is 9.93. The molecule has 2 N–H and O–H groups in total. The Labute approximate surface area is 210 Å². The summed E-state index contributed by atoms with van der Waals surface area (Å²) >= 11 is 0. The highest BCUT2D eigenvalue weighted by Crippen LogP contribution is 2.54. The van der Waals surface area contributed by atoms with Crippen LogP contribution in [-0.2, 0) is 9.73 Å². The first-order valence-corrected chi connectivity index (χ1v) is 14.3. The molecule has 6 rings (SSSR count). The van der Waals surface area contributed by atoms with Crippen LogP contribution in [0.15, 0.2) is 35.2 Å². The number of hydrogen-bond donors (Lipinski definition) is 2. The third-order valence-electron chi connectivity index (χ3n) is 8.05. The molecule has 0 unspecified atom stereocenters. The second-order valence-electron chi connectivity index (χ2n) is 11.0. The van der Waals surface area contributed by atoms with Gasteiger partial charge in [-0.3, -0.25) is 4.79 Å². The molecule has 3 heterocycles. The molecule has 7 nitrogen and oxygen atoms in total. The zero-order valence-corrected chi connectivity index (χ0v) is 21.2. The number of halogens is 2. The second kappa shape index (κ2) is 8.13. The summed E-state index contributed by atoms with van der Waals surface area (Å²) in [7, 11) is -2.90. The van der Waals surface area contributed by atoms with Gasteiger partial charge in [0.15, 0.2) is 0 Å². The molecule has 192 valence electrons. The average molecular weight is 516 g/mol. The summed E-state index contributed by atoms with van der Waals surface area (Å²) in [5, 5.41) is 2.75. The zero-order valence-electron chi connectivity index (χ0n) is 20.4. The maximum atomic E-state index is 13.5. The largest absolute Gasteiger partial charge is 0.371 e. The van der Waals surface area contributed by atoms with E-state index in [1.807, 2.05) is 6.92 Å². The Kier molecular flexibility index (Phi) is 5.34. The topological polar surface area (TPSA) is 89.4 Å². The van der Waals surface area contributed by atoms with Gasteiger partial charge in [-0.1, -0.05) is 0 Å². The number of alkyl halides is 2. The molecule has 10 heteroatoms. The lowest BCUT2D eigenvalue weighted by Gasteiger charge is -2.39. The Hall–Kier alpha value is -2.75. The number of carbonyl (C=O) groups excluding carboxylic acids is 1. The van der Waals surface area contributed by atoms with E-state index in [0.717, 1.165) is 44.3 Å². The highest BCUT2D eigenvalue weighted by molar-refractivity contribution is 7.93. The highest BCUT2D eigenvalue weighted by Gasteiger charge is 2.45. The first-order valence-electron chi connectivity index (χ1n) is 12.6. The number of aromatic nitrogens is 1. The summed E-state index contributed by atoms with van der Waals surface area (Å²) in [6.45, 7) is 2.71. The van der Waals surface area contributed by atoms with Crippen LogP contribution in [0.4, 0.5) is 26.1 Å². The van der Waals surface area contributed by atoms with Crippen LogP contribution in [0.5, 0.6) is 0 Å². The molecule has 2 aromatic rings. The fourth-order valence-electron chi connectivity index (χ4n) is 5.38. The number of nitrogens with one attached hydrogen (secondary N) is 2. The van der Waals surface area contributed by atoms with E-state index in [1.165, 1.54) is 17.7 Å². The normalized spacial score (nSPS) is 23.6. The Morgan fingerprint density at radius 3 is 2.39 bits per heavy atom. The summed E-state index contributed by atoms with van der Waals surface area (Å²) in [6.07, 6.45) is 6.27. The molecule has 2 aliphatic heterocycles. The van der Waals surface area contributed by atoms with Gasteiger partial charge >= 0.3 is 0 Å². The number of pyridine rings is 1. The molecule has 36 heavy (non-hydrogen) atoms. The minimum Gasteiger partial charge on any atom is -0.371 e. The van der Waals surface area contributed by atoms with Crippen molar-refractivity contribution in [2.45, 2.75) is 61.5 Å². The molecule has 1 aromatic heterocycles. The molecule has 0 bridgehead atoms. The van der Waals surface area contributed by atoms with Crippen molar-refractivity contribution in [3.05, 3.63) is 41.5 Å². The Morgan fingerprint density at radius 2 is 1.78 bits per heavy atom. The summed E-state index contributed by atoms with van der Waals surface area (Å²) in [6, 6.07) is 8.55. The lowest BCUT2D eigenvalue weighted by molar-refractivity contribution is -0.0267. The van der Waals surface area contributed by atoms with Crippen molar-refractivity contribution in [3.8, 4) is 0 Å². The van der Waals surface area contributed by atoms with Crippen LogP contribution in [0.3, 0.4) is 0 Å². The predicted octanol–water partition coefficient (Wildman–Crippen LogP) is 5.05. The van der Waals surface area contributed by atoms with Gasteiger partial charge in [-0.2, -0.15) is 0 Å². The van der Waals surface area contributed by atoms with Gasteiger partial charge in [0.25, 0.3) is 11.8 Å². The first-order chi connectivity index (χ1) is 17.0. The summed E-state index contributed by atoms with van der Waals surface area (Å²) < 4.78 is 48.4. The third-order valence-corrected chi connectivity index (χ3v) is 10.4. The summed E-state index contributed by atoms with van der Waals surface area (Å²) in [5.74, 6) is -2.35. The van der Waals surface area contributed by atoms with E-state index in [0.29, 0.717) is 33.2 Å². The van der Waals surface area contributed by atoms with E-state index < -0.39 is 15.7 Å². The number of amides is 1. The first kappa shape index (κ1) is 23.6. The molecule has 2 aliphatic carbocycles. The molecule has 0 radical (unpaired) electrons. The van der Waals surface area contributed by atoms with Crippen LogP contribution in [0, 0.1) is 17.1 Å². The quantitative estimate of drug-likeness (QED) is 0.562. The maximum absolute atomic E-state index is 13.5. The number of benzene rings is 1. The van der Waals surface area contributed by atoms with Gasteiger partial charge in [0.1, 0.15) is 11.6 Å². The minimum absolute atomic E-state index is 0.107. The van der Waals surface area contributed by atoms with E-state index in [4.69, 9.17) is 4.78 Å². The lowest BCUT2D eigenvalue weighted by Crippen LogP contribution is -2.56. The van der Waals surface area contributed by atoms with Crippen molar-refractivity contribution in [1.29, 1.82) is 4.78 Å². The third kappa shape index (κ3) is 4.44. The van der Waals surface area contributed by atoms with Crippen LogP contribution in [0.2, 0.25) is 0 Å². The fraction of sp³-hybridized carbons (Fsp3) is 0.538. The van der Waals surface area contributed by atoms with E-state index in [9.17, 15) is 17.8 Å². The molecule has 2 saturated carbocycles. The van der Waals surface area contributed by atoms with E-state index in [2.05, 4.69) is 15.2 Å². The predicted molar refractivity (Wildman–Crippen MR) is 136 cm³/mol. The van der Waals surface area contributed by atoms with Crippen molar-refractivity contribution in [2.75, 3.05) is 41.3 Å². The standard InChI is InChI=1S/C26H31F2N5O2S/c1-17-12-22(30-23(13-17)33-15-26(27,28)16-33)31-24(34)20-5-4-19(36(29,35)18-2-3-18)14-21(20)32-10-8-25(6-7-25)9-11-32/h4-5,12-14,18,29H,2-3,6-11,15-16H2,1H3,(H,30,31,34)/t36-/m1/s1.